The predicted molar refractivity (Wildman–Crippen MR) is 84.6 cm³/mol. The zero-order valence-electron chi connectivity index (χ0n) is 13.4. The summed E-state index contributed by atoms with van der Waals surface area (Å²) in [5, 5.41) is 11.1. The summed E-state index contributed by atoms with van der Waals surface area (Å²) in [5.41, 5.74) is 0.482. The molecule has 3 atom stereocenters. The van der Waals surface area contributed by atoms with Crippen molar-refractivity contribution in [2.45, 2.75) is 50.7 Å². The van der Waals surface area contributed by atoms with Gasteiger partial charge in [0.2, 0.25) is 5.91 Å². The van der Waals surface area contributed by atoms with Crippen LogP contribution in [0.2, 0.25) is 0 Å². The molecule has 0 radical (unpaired) electrons. The van der Waals surface area contributed by atoms with Crippen LogP contribution < -0.4 is 4.74 Å². The number of hydrogen-bond donors (Lipinski definition) is 1. The van der Waals surface area contributed by atoms with E-state index in [0.29, 0.717) is 13.0 Å². The van der Waals surface area contributed by atoms with Crippen LogP contribution in [0.4, 0.5) is 0 Å². The summed E-state index contributed by atoms with van der Waals surface area (Å²) in [6, 6.07) is 7.90. The van der Waals surface area contributed by atoms with Gasteiger partial charge in [-0.1, -0.05) is 25.0 Å². The van der Waals surface area contributed by atoms with Gasteiger partial charge in [-0.05, 0) is 37.0 Å². The van der Waals surface area contributed by atoms with Crippen molar-refractivity contribution in [3.8, 4) is 5.75 Å². The van der Waals surface area contributed by atoms with E-state index in [9.17, 15) is 9.90 Å². The Kier molecular flexibility index (Phi) is 4.13. The SMILES string of the molecule is COc1ccc([C@H]2[C@H]3CCCC[C@]3(O)CCN2C(C)=O)cc1. The van der Waals surface area contributed by atoms with Crippen LogP contribution in [-0.4, -0.2) is 35.2 Å². The third-order valence-corrected chi connectivity index (χ3v) is 5.43. The lowest BCUT2D eigenvalue weighted by Crippen LogP contribution is -2.55. The van der Waals surface area contributed by atoms with E-state index in [1.807, 2.05) is 29.2 Å². The summed E-state index contributed by atoms with van der Waals surface area (Å²) in [5.74, 6) is 1.04. The molecule has 1 aromatic carbocycles. The molecule has 120 valence electrons. The molecule has 4 heteroatoms. The molecule has 1 amide bonds. The van der Waals surface area contributed by atoms with Gasteiger partial charge in [-0.2, -0.15) is 0 Å². The number of likely N-dealkylation sites (tertiary alicyclic amines) is 1. The third-order valence-electron chi connectivity index (χ3n) is 5.43. The van der Waals surface area contributed by atoms with Gasteiger partial charge >= 0.3 is 0 Å². The minimum atomic E-state index is -0.616. The lowest BCUT2D eigenvalue weighted by atomic mass is 9.66. The lowest BCUT2D eigenvalue weighted by Gasteiger charge is -2.52. The van der Waals surface area contributed by atoms with Crippen molar-refractivity contribution in [2.75, 3.05) is 13.7 Å². The zero-order valence-corrected chi connectivity index (χ0v) is 13.4. The highest BCUT2D eigenvalue weighted by Gasteiger charge is 2.49. The monoisotopic (exact) mass is 303 g/mol. The molecule has 1 saturated heterocycles. The van der Waals surface area contributed by atoms with Gasteiger partial charge in [0.25, 0.3) is 0 Å². The molecule has 1 aliphatic heterocycles. The van der Waals surface area contributed by atoms with Gasteiger partial charge in [-0.25, -0.2) is 0 Å². The normalized spacial score (nSPS) is 31.5. The maximum Gasteiger partial charge on any atom is 0.219 e. The van der Waals surface area contributed by atoms with Crippen molar-refractivity contribution in [1.29, 1.82) is 0 Å². The van der Waals surface area contributed by atoms with Crippen molar-refractivity contribution in [3.05, 3.63) is 29.8 Å². The number of fused-ring (bicyclic) bond motifs is 1. The molecule has 0 unspecified atom stereocenters. The molecular weight excluding hydrogens is 278 g/mol. The Hall–Kier alpha value is -1.55. The summed E-state index contributed by atoms with van der Waals surface area (Å²) in [4.78, 5) is 14.0. The first-order chi connectivity index (χ1) is 10.5. The highest BCUT2D eigenvalue weighted by Crippen LogP contribution is 2.49. The fourth-order valence-corrected chi connectivity index (χ4v) is 4.25. The van der Waals surface area contributed by atoms with Gasteiger partial charge in [-0.15, -0.1) is 0 Å². The van der Waals surface area contributed by atoms with Crippen LogP contribution in [0.25, 0.3) is 0 Å². The Balaban J connectivity index is 1.98. The van der Waals surface area contributed by atoms with E-state index in [1.165, 1.54) is 0 Å². The maximum absolute atomic E-state index is 12.1. The second kappa shape index (κ2) is 5.92. The van der Waals surface area contributed by atoms with E-state index in [0.717, 1.165) is 37.0 Å². The minimum Gasteiger partial charge on any atom is -0.497 e. The highest BCUT2D eigenvalue weighted by atomic mass is 16.5. The van der Waals surface area contributed by atoms with Crippen LogP contribution in [0.3, 0.4) is 0 Å². The quantitative estimate of drug-likeness (QED) is 0.914. The fraction of sp³-hybridized carbons (Fsp3) is 0.611. The average molecular weight is 303 g/mol. The average Bonchev–Trinajstić information content (AvgIpc) is 2.53. The molecule has 1 N–H and O–H groups in total. The van der Waals surface area contributed by atoms with Crippen molar-refractivity contribution >= 4 is 5.91 Å². The molecule has 1 saturated carbocycles. The summed E-state index contributed by atoms with van der Waals surface area (Å²) in [7, 11) is 1.65. The summed E-state index contributed by atoms with van der Waals surface area (Å²) >= 11 is 0. The summed E-state index contributed by atoms with van der Waals surface area (Å²) in [6.07, 6.45) is 4.75. The number of aliphatic hydroxyl groups is 1. The number of ether oxygens (including phenoxy) is 1. The molecule has 2 aliphatic rings. The van der Waals surface area contributed by atoms with Crippen molar-refractivity contribution in [2.24, 2.45) is 5.92 Å². The van der Waals surface area contributed by atoms with Crippen LogP contribution in [-0.2, 0) is 4.79 Å². The molecule has 1 heterocycles. The van der Waals surface area contributed by atoms with E-state index in [-0.39, 0.29) is 17.9 Å². The first kappa shape index (κ1) is 15.3. The second-order valence-corrected chi connectivity index (χ2v) is 6.64. The van der Waals surface area contributed by atoms with Gasteiger partial charge < -0.3 is 14.7 Å². The van der Waals surface area contributed by atoms with Crippen LogP contribution in [0.5, 0.6) is 5.75 Å². The first-order valence-corrected chi connectivity index (χ1v) is 8.19. The fourth-order valence-electron chi connectivity index (χ4n) is 4.25. The molecule has 4 nitrogen and oxygen atoms in total. The van der Waals surface area contributed by atoms with Gasteiger partial charge in [0.15, 0.2) is 0 Å². The maximum atomic E-state index is 12.1. The van der Waals surface area contributed by atoms with Crippen LogP contribution in [0.15, 0.2) is 24.3 Å². The standard InChI is InChI=1S/C18H25NO3/c1-13(20)19-12-11-18(21)10-4-3-5-16(18)17(19)14-6-8-15(22-2)9-7-14/h6-9,16-17,21H,3-5,10-12H2,1-2H3/t16-,17+,18+/m1/s1. The van der Waals surface area contributed by atoms with Crippen molar-refractivity contribution in [1.82, 2.24) is 4.90 Å². The minimum absolute atomic E-state index is 0.0255. The largest absolute Gasteiger partial charge is 0.497 e. The second-order valence-electron chi connectivity index (χ2n) is 6.64. The van der Waals surface area contributed by atoms with Gasteiger partial charge in [0, 0.05) is 19.4 Å². The zero-order chi connectivity index (χ0) is 15.7. The summed E-state index contributed by atoms with van der Waals surface area (Å²) < 4.78 is 5.23. The van der Waals surface area contributed by atoms with Gasteiger partial charge in [0.1, 0.15) is 5.75 Å². The number of carbonyl (C=O) groups excluding carboxylic acids is 1. The molecule has 0 aromatic heterocycles. The molecule has 2 fully saturated rings. The Labute approximate surface area is 132 Å². The van der Waals surface area contributed by atoms with Crippen molar-refractivity contribution < 1.29 is 14.6 Å². The van der Waals surface area contributed by atoms with Crippen LogP contribution in [0, 0.1) is 5.92 Å². The molecule has 0 spiro atoms. The molecule has 1 aliphatic carbocycles. The molecule has 1 aromatic rings. The van der Waals surface area contributed by atoms with E-state index in [1.54, 1.807) is 14.0 Å². The Morgan fingerprint density at radius 3 is 2.64 bits per heavy atom. The predicted octanol–water partition coefficient (Wildman–Crippen LogP) is 2.91. The van der Waals surface area contributed by atoms with E-state index < -0.39 is 5.60 Å². The Morgan fingerprint density at radius 1 is 1.27 bits per heavy atom. The number of hydrogen-bond acceptors (Lipinski definition) is 3. The van der Waals surface area contributed by atoms with E-state index >= 15 is 0 Å². The highest BCUT2D eigenvalue weighted by molar-refractivity contribution is 5.74. The number of piperidine rings is 1. The van der Waals surface area contributed by atoms with Crippen LogP contribution in [0.1, 0.15) is 50.6 Å². The third kappa shape index (κ3) is 2.60. The number of rotatable bonds is 2. The smallest absolute Gasteiger partial charge is 0.219 e. The van der Waals surface area contributed by atoms with Gasteiger partial charge in [0.05, 0.1) is 18.8 Å². The molecule has 3 rings (SSSR count). The number of carbonyl (C=O) groups is 1. The van der Waals surface area contributed by atoms with E-state index in [4.69, 9.17) is 4.74 Å². The number of amides is 1. The van der Waals surface area contributed by atoms with Crippen LogP contribution >= 0.6 is 0 Å². The molecule has 0 bridgehead atoms. The van der Waals surface area contributed by atoms with Gasteiger partial charge in [-0.3, -0.25) is 4.79 Å². The molecule has 22 heavy (non-hydrogen) atoms. The first-order valence-electron chi connectivity index (χ1n) is 8.19. The topological polar surface area (TPSA) is 49.8 Å². The Bertz CT molecular complexity index is 542. The molecular formula is C18H25NO3. The Morgan fingerprint density at radius 2 is 2.00 bits per heavy atom. The van der Waals surface area contributed by atoms with Crippen molar-refractivity contribution in [3.63, 3.8) is 0 Å². The summed E-state index contributed by atoms with van der Waals surface area (Å²) in [6.45, 7) is 2.27. The number of nitrogens with zero attached hydrogens (tertiary/aromatic N) is 1. The number of benzene rings is 1. The lowest BCUT2D eigenvalue weighted by molar-refractivity contribution is -0.153. The van der Waals surface area contributed by atoms with E-state index in [2.05, 4.69) is 0 Å². The number of methoxy groups -OCH3 is 1.